The molecule has 0 bridgehead atoms. The standard InChI is InChI=1S/C13H22/c1-9(2)12-7-6-11(5)13(8-12)10(3)4/h7-11H,6H2,1-5H3/t11-/m1/s1. The molecule has 0 aliphatic heterocycles. The summed E-state index contributed by atoms with van der Waals surface area (Å²) in [6.07, 6.45) is 6.06. The second-order valence-corrected chi connectivity index (χ2v) is 4.79. The van der Waals surface area contributed by atoms with Crippen molar-refractivity contribution in [3.63, 3.8) is 0 Å². The largest absolute Gasteiger partial charge is 0.0805 e. The van der Waals surface area contributed by atoms with E-state index in [0.717, 1.165) is 5.92 Å². The third-order valence-corrected chi connectivity index (χ3v) is 2.94. The molecular weight excluding hydrogens is 156 g/mol. The molecule has 0 N–H and O–H groups in total. The van der Waals surface area contributed by atoms with Crippen molar-refractivity contribution in [2.45, 2.75) is 41.0 Å². The zero-order valence-corrected chi connectivity index (χ0v) is 9.59. The van der Waals surface area contributed by atoms with Gasteiger partial charge in [0, 0.05) is 0 Å². The fourth-order valence-corrected chi connectivity index (χ4v) is 1.98. The minimum absolute atomic E-state index is 0.682. The van der Waals surface area contributed by atoms with Gasteiger partial charge in [0.25, 0.3) is 0 Å². The lowest BCUT2D eigenvalue weighted by Crippen LogP contribution is -2.10. The van der Waals surface area contributed by atoms with Crippen LogP contribution in [0.3, 0.4) is 0 Å². The van der Waals surface area contributed by atoms with Crippen LogP contribution in [0.25, 0.3) is 0 Å². The van der Waals surface area contributed by atoms with Crippen molar-refractivity contribution in [2.75, 3.05) is 0 Å². The van der Waals surface area contributed by atoms with Crippen molar-refractivity contribution in [1.29, 1.82) is 0 Å². The molecule has 0 saturated heterocycles. The number of hydrogen-bond donors (Lipinski definition) is 0. The van der Waals surface area contributed by atoms with Crippen molar-refractivity contribution in [3.05, 3.63) is 23.3 Å². The monoisotopic (exact) mass is 178 g/mol. The zero-order chi connectivity index (χ0) is 10.0. The average Bonchev–Trinajstić information content (AvgIpc) is 2.04. The summed E-state index contributed by atoms with van der Waals surface area (Å²) in [7, 11) is 0. The lowest BCUT2D eigenvalue weighted by atomic mass is 9.81. The highest BCUT2D eigenvalue weighted by molar-refractivity contribution is 5.31. The normalized spacial score (nSPS) is 23.5. The van der Waals surface area contributed by atoms with E-state index in [-0.39, 0.29) is 0 Å². The van der Waals surface area contributed by atoms with Crippen LogP contribution in [0.4, 0.5) is 0 Å². The maximum atomic E-state index is 2.42. The molecule has 1 atom stereocenters. The van der Waals surface area contributed by atoms with Crippen LogP contribution < -0.4 is 0 Å². The summed E-state index contributed by atoms with van der Waals surface area (Å²) >= 11 is 0. The Balaban J connectivity index is 2.85. The highest BCUT2D eigenvalue weighted by Crippen LogP contribution is 2.31. The molecule has 0 saturated carbocycles. The van der Waals surface area contributed by atoms with Crippen LogP contribution in [0, 0.1) is 17.8 Å². The lowest BCUT2D eigenvalue weighted by molar-refractivity contribution is 0.571. The molecule has 74 valence electrons. The molecule has 13 heavy (non-hydrogen) atoms. The average molecular weight is 178 g/mol. The summed E-state index contributed by atoms with van der Waals surface area (Å²) in [5, 5.41) is 0. The maximum absolute atomic E-state index is 2.42. The summed E-state index contributed by atoms with van der Waals surface area (Å²) in [5.41, 5.74) is 3.16. The fraction of sp³-hybridized carbons (Fsp3) is 0.692. The Labute approximate surface area is 82.7 Å². The van der Waals surface area contributed by atoms with Crippen LogP contribution in [-0.4, -0.2) is 0 Å². The van der Waals surface area contributed by atoms with E-state index in [1.54, 1.807) is 5.57 Å². The maximum Gasteiger partial charge on any atom is -0.0191 e. The molecule has 0 unspecified atom stereocenters. The first-order valence-electron chi connectivity index (χ1n) is 5.44. The fourth-order valence-electron chi connectivity index (χ4n) is 1.98. The SMILES string of the molecule is CC(C)C1=CC[C@@H](C)C(C(C)C)=C1. The second-order valence-electron chi connectivity index (χ2n) is 4.79. The topological polar surface area (TPSA) is 0 Å². The van der Waals surface area contributed by atoms with Crippen LogP contribution in [0.1, 0.15) is 41.0 Å². The summed E-state index contributed by atoms with van der Waals surface area (Å²) in [5.74, 6) is 2.14. The van der Waals surface area contributed by atoms with Crippen molar-refractivity contribution in [3.8, 4) is 0 Å². The molecule has 0 amide bonds. The quantitative estimate of drug-likeness (QED) is 0.594. The van der Waals surface area contributed by atoms with Crippen molar-refractivity contribution >= 4 is 0 Å². The van der Waals surface area contributed by atoms with E-state index in [4.69, 9.17) is 0 Å². The third kappa shape index (κ3) is 2.46. The summed E-state index contributed by atoms with van der Waals surface area (Å²) in [4.78, 5) is 0. The van der Waals surface area contributed by atoms with Crippen molar-refractivity contribution in [2.24, 2.45) is 17.8 Å². The zero-order valence-electron chi connectivity index (χ0n) is 9.59. The molecule has 0 radical (unpaired) electrons. The van der Waals surface area contributed by atoms with E-state index in [1.165, 1.54) is 12.0 Å². The van der Waals surface area contributed by atoms with Crippen LogP contribution in [0.5, 0.6) is 0 Å². The highest BCUT2D eigenvalue weighted by atomic mass is 14.2. The molecule has 0 spiro atoms. The Morgan fingerprint density at radius 3 is 2.23 bits per heavy atom. The molecule has 0 nitrogen and oxygen atoms in total. The van der Waals surface area contributed by atoms with Gasteiger partial charge >= 0.3 is 0 Å². The molecule has 1 rings (SSSR count). The van der Waals surface area contributed by atoms with E-state index in [0.29, 0.717) is 11.8 Å². The predicted molar refractivity (Wildman–Crippen MR) is 59.6 cm³/mol. The van der Waals surface area contributed by atoms with Gasteiger partial charge in [-0.25, -0.2) is 0 Å². The van der Waals surface area contributed by atoms with Gasteiger partial charge in [-0.3, -0.25) is 0 Å². The van der Waals surface area contributed by atoms with Crippen LogP contribution in [-0.2, 0) is 0 Å². The molecule has 1 aliphatic rings. The van der Waals surface area contributed by atoms with Crippen LogP contribution >= 0.6 is 0 Å². The first kappa shape index (κ1) is 10.6. The smallest absolute Gasteiger partial charge is 0.0191 e. The third-order valence-electron chi connectivity index (χ3n) is 2.94. The van der Waals surface area contributed by atoms with E-state index in [2.05, 4.69) is 46.8 Å². The molecule has 1 aliphatic carbocycles. The summed E-state index contributed by atoms with van der Waals surface area (Å²) in [6, 6.07) is 0. The Morgan fingerprint density at radius 2 is 1.77 bits per heavy atom. The molecule has 0 heterocycles. The number of rotatable bonds is 2. The van der Waals surface area contributed by atoms with Gasteiger partial charge in [0.05, 0.1) is 0 Å². The number of hydrogen-bond acceptors (Lipinski definition) is 0. The second kappa shape index (κ2) is 4.13. The van der Waals surface area contributed by atoms with Gasteiger partial charge in [-0.1, -0.05) is 52.3 Å². The van der Waals surface area contributed by atoms with Gasteiger partial charge in [-0.15, -0.1) is 0 Å². The summed E-state index contributed by atoms with van der Waals surface area (Å²) < 4.78 is 0. The number of allylic oxidation sites excluding steroid dienone is 4. The molecule has 0 aromatic rings. The minimum Gasteiger partial charge on any atom is -0.0805 e. The van der Waals surface area contributed by atoms with Crippen molar-refractivity contribution in [1.82, 2.24) is 0 Å². The van der Waals surface area contributed by atoms with Crippen LogP contribution in [0.15, 0.2) is 23.3 Å². The van der Waals surface area contributed by atoms with E-state index in [9.17, 15) is 0 Å². The molecular formula is C13H22. The summed E-state index contributed by atoms with van der Waals surface area (Å²) in [6.45, 7) is 11.5. The lowest BCUT2D eigenvalue weighted by Gasteiger charge is -2.24. The first-order chi connectivity index (χ1) is 6.02. The Bertz CT molecular complexity index is 228. The van der Waals surface area contributed by atoms with E-state index >= 15 is 0 Å². The van der Waals surface area contributed by atoms with E-state index < -0.39 is 0 Å². The Morgan fingerprint density at radius 1 is 1.15 bits per heavy atom. The van der Waals surface area contributed by atoms with E-state index in [1.807, 2.05) is 0 Å². The molecule has 0 heteroatoms. The highest BCUT2D eigenvalue weighted by Gasteiger charge is 2.16. The Kier molecular flexibility index (Phi) is 3.35. The van der Waals surface area contributed by atoms with Gasteiger partial charge in [0.2, 0.25) is 0 Å². The van der Waals surface area contributed by atoms with Gasteiger partial charge in [0.1, 0.15) is 0 Å². The minimum atomic E-state index is 0.682. The van der Waals surface area contributed by atoms with Crippen LogP contribution in [0.2, 0.25) is 0 Å². The molecule has 0 aromatic carbocycles. The van der Waals surface area contributed by atoms with Gasteiger partial charge in [0.15, 0.2) is 0 Å². The van der Waals surface area contributed by atoms with Crippen molar-refractivity contribution < 1.29 is 0 Å². The van der Waals surface area contributed by atoms with Gasteiger partial charge < -0.3 is 0 Å². The Hall–Kier alpha value is -0.520. The molecule has 0 aromatic heterocycles. The van der Waals surface area contributed by atoms with Gasteiger partial charge in [-0.05, 0) is 29.7 Å². The van der Waals surface area contributed by atoms with Gasteiger partial charge in [-0.2, -0.15) is 0 Å². The predicted octanol–water partition coefficient (Wildman–Crippen LogP) is 4.19. The molecule has 0 fully saturated rings. The first-order valence-corrected chi connectivity index (χ1v) is 5.44.